The minimum Gasteiger partial charge on any atom is -0.380 e. The first-order valence-corrected chi connectivity index (χ1v) is 5.70. The van der Waals surface area contributed by atoms with Crippen LogP contribution in [0.25, 0.3) is 6.08 Å². The van der Waals surface area contributed by atoms with Gasteiger partial charge in [-0.25, -0.2) is 4.39 Å². The molecule has 0 atom stereocenters. The van der Waals surface area contributed by atoms with Crippen molar-refractivity contribution in [3.05, 3.63) is 41.7 Å². The van der Waals surface area contributed by atoms with Gasteiger partial charge in [0, 0.05) is 12.8 Å². The van der Waals surface area contributed by atoms with E-state index in [1.807, 2.05) is 0 Å². The molecule has 0 aromatic heterocycles. The average Bonchev–Trinajstić information content (AvgIpc) is 2.38. The van der Waals surface area contributed by atoms with Crippen LogP contribution in [0.5, 0.6) is 0 Å². The maximum atomic E-state index is 12.6. The zero-order valence-electron chi connectivity index (χ0n) is 10.1. The predicted molar refractivity (Wildman–Crippen MR) is 69.3 cm³/mol. The van der Waals surface area contributed by atoms with E-state index in [1.165, 1.54) is 18.2 Å². The molecule has 1 aromatic carbocycles. The number of carbonyl (C=O) groups excluding carboxylic acids is 1. The Kier molecular flexibility index (Phi) is 6.45. The van der Waals surface area contributed by atoms with E-state index in [2.05, 4.69) is 5.92 Å². The highest BCUT2D eigenvalue weighted by molar-refractivity contribution is 5.93. The Morgan fingerprint density at radius 3 is 2.72 bits per heavy atom. The normalized spacial score (nSPS) is 10.4. The molecular weight excluding hydrogens is 231 g/mol. The van der Waals surface area contributed by atoms with Crippen molar-refractivity contribution >= 4 is 11.9 Å². The van der Waals surface area contributed by atoms with Crippen molar-refractivity contribution in [3.8, 4) is 12.3 Å². The fourth-order valence-electron chi connectivity index (χ4n) is 1.25. The lowest BCUT2D eigenvalue weighted by molar-refractivity contribution is -0.115. The molecule has 94 valence electrons. The van der Waals surface area contributed by atoms with Crippen LogP contribution in [-0.2, 0) is 9.53 Å². The molecule has 3 heteroatoms. The second kappa shape index (κ2) is 8.21. The van der Waals surface area contributed by atoms with Gasteiger partial charge in [0.2, 0.25) is 0 Å². The molecular formula is C15H15FO2. The van der Waals surface area contributed by atoms with E-state index in [9.17, 15) is 9.18 Å². The molecule has 0 heterocycles. The molecule has 1 rings (SSSR count). The summed E-state index contributed by atoms with van der Waals surface area (Å²) in [5.74, 6) is 2.13. The zero-order valence-corrected chi connectivity index (χ0v) is 10.1. The third-order valence-corrected chi connectivity index (χ3v) is 2.22. The van der Waals surface area contributed by atoms with Crippen molar-refractivity contribution in [2.45, 2.75) is 12.8 Å². The molecule has 0 fully saturated rings. The van der Waals surface area contributed by atoms with Gasteiger partial charge in [0.1, 0.15) is 5.82 Å². The fraction of sp³-hybridized carbons (Fsp3) is 0.267. The number of carbonyl (C=O) groups is 1. The largest absolute Gasteiger partial charge is 0.380 e. The molecule has 0 unspecified atom stereocenters. The number of ketones is 1. The minimum absolute atomic E-state index is 0.0277. The van der Waals surface area contributed by atoms with Gasteiger partial charge in [0.05, 0.1) is 13.2 Å². The van der Waals surface area contributed by atoms with Crippen LogP contribution in [0.3, 0.4) is 0 Å². The van der Waals surface area contributed by atoms with Crippen LogP contribution < -0.4 is 0 Å². The molecule has 0 saturated heterocycles. The van der Waals surface area contributed by atoms with Crippen LogP contribution in [0.4, 0.5) is 4.39 Å². The van der Waals surface area contributed by atoms with E-state index in [0.717, 1.165) is 5.56 Å². The van der Waals surface area contributed by atoms with Crippen molar-refractivity contribution in [2.24, 2.45) is 0 Å². The Labute approximate surface area is 106 Å². The maximum absolute atomic E-state index is 12.6. The lowest BCUT2D eigenvalue weighted by Gasteiger charge is -1.98. The second-order valence-corrected chi connectivity index (χ2v) is 3.67. The minimum atomic E-state index is -0.291. The van der Waals surface area contributed by atoms with Gasteiger partial charge in [-0.2, -0.15) is 0 Å². The van der Waals surface area contributed by atoms with Crippen molar-refractivity contribution < 1.29 is 13.9 Å². The first-order valence-electron chi connectivity index (χ1n) is 5.70. The molecule has 0 N–H and O–H groups in total. The summed E-state index contributed by atoms with van der Waals surface area (Å²) in [6.45, 7) is 0.847. The van der Waals surface area contributed by atoms with Gasteiger partial charge in [-0.05, 0) is 23.8 Å². The van der Waals surface area contributed by atoms with Crippen molar-refractivity contribution in [2.75, 3.05) is 13.2 Å². The molecule has 0 saturated carbocycles. The molecule has 2 nitrogen and oxygen atoms in total. The second-order valence-electron chi connectivity index (χ2n) is 3.67. The number of rotatable bonds is 7. The number of ether oxygens (including phenoxy) is 1. The zero-order chi connectivity index (χ0) is 13.2. The number of hydrogen-bond donors (Lipinski definition) is 0. The number of terminal acetylenes is 1. The third-order valence-electron chi connectivity index (χ3n) is 2.22. The van der Waals surface area contributed by atoms with Gasteiger partial charge in [-0.3, -0.25) is 4.79 Å². The molecule has 0 aliphatic heterocycles. The Morgan fingerprint density at radius 1 is 1.33 bits per heavy atom. The van der Waals surface area contributed by atoms with Gasteiger partial charge < -0.3 is 4.74 Å². The van der Waals surface area contributed by atoms with Crippen LogP contribution in [0.15, 0.2) is 30.3 Å². The van der Waals surface area contributed by atoms with E-state index in [0.29, 0.717) is 26.1 Å². The van der Waals surface area contributed by atoms with Crippen molar-refractivity contribution in [1.29, 1.82) is 0 Å². The van der Waals surface area contributed by atoms with Crippen LogP contribution in [0.2, 0.25) is 0 Å². The van der Waals surface area contributed by atoms with Gasteiger partial charge >= 0.3 is 0 Å². The highest BCUT2D eigenvalue weighted by atomic mass is 19.1. The van der Waals surface area contributed by atoms with Gasteiger partial charge in [0.25, 0.3) is 0 Å². The van der Waals surface area contributed by atoms with E-state index < -0.39 is 0 Å². The molecule has 0 spiro atoms. The van der Waals surface area contributed by atoms with Gasteiger partial charge in [-0.1, -0.05) is 18.2 Å². The van der Waals surface area contributed by atoms with Crippen molar-refractivity contribution in [1.82, 2.24) is 0 Å². The molecule has 0 radical (unpaired) electrons. The molecule has 18 heavy (non-hydrogen) atoms. The Balaban J connectivity index is 2.27. The van der Waals surface area contributed by atoms with Crippen LogP contribution in [-0.4, -0.2) is 19.0 Å². The molecule has 0 bridgehead atoms. The van der Waals surface area contributed by atoms with Gasteiger partial charge in [0.15, 0.2) is 5.78 Å². The smallest absolute Gasteiger partial charge is 0.158 e. The quantitative estimate of drug-likeness (QED) is 0.420. The molecule has 1 aromatic rings. The van der Waals surface area contributed by atoms with Gasteiger partial charge in [-0.15, -0.1) is 12.3 Å². The standard InChI is InChI=1S/C15H15FO2/c1-2-3-11-18-12-10-15(17)9-6-13-4-7-14(16)8-5-13/h1,4-9H,3,10-12H2/b9-6+. The number of allylic oxidation sites excluding steroid dienone is 1. The topological polar surface area (TPSA) is 26.3 Å². The summed E-state index contributed by atoms with van der Waals surface area (Å²) in [5.41, 5.74) is 0.790. The average molecular weight is 246 g/mol. The summed E-state index contributed by atoms with van der Waals surface area (Å²) >= 11 is 0. The fourth-order valence-corrected chi connectivity index (χ4v) is 1.25. The van der Waals surface area contributed by atoms with Crippen LogP contribution in [0.1, 0.15) is 18.4 Å². The summed E-state index contributed by atoms with van der Waals surface area (Å²) in [4.78, 5) is 11.4. The number of benzene rings is 1. The van der Waals surface area contributed by atoms with Crippen LogP contribution >= 0.6 is 0 Å². The summed E-state index contributed by atoms with van der Waals surface area (Å²) in [7, 11) is 0. The number of hydrogen-bond acceptors (Lipinski definition) is 2. The third kappa shape index (κ3) is 5.97. The molecule has 0 aliphatic rings. The first kappa shape index (κ1) is 14.1. The predicted octanol–water partition coefficient (Wildman–Crippen LogP) is 2.84. The number of halogens is 1. The highest BCUT2D eigenvalue weighted by Crippen LogP contribution is 2.05. The summed E-state index contributed by atoms with van der Waals surface area (Å²) in [6, 6.07) is 5.94. The first-order chi connectivity index (χ1) is 8.72. The van der Waals surface area contributed by atoms with Crippen LogP contribution in [0, 0.1) is 18.2 Å². The van der Waals surface area contributed by atoms with E-state index in [4.69, 9.17) is 11.2 Å². The van der Waals surface area contributed by atoms with Crippen molar-refractivity contribution in [3.63, 3.8) is 0 Å². The SMILES string of the molecule is C#CCCOCCC(=O)/C=C/c1ccc(F)cc1. The van der Waals surface area contributed by atoms with E-state index in [1.54, 1.807) is 18.2 Å². The Morgan fingerprint density at radius 2 is 2.06 bits per heavy atom. The van der Waals surface area contributed by atoms with E-state index >= 15 is 0 Å². The summed E-state index contributed by atoms with van der Waals surface area (Å²) in [5, 5.41) is 0. The van der Waals surface area contributed by atoms with E-state index in [-0.39, 0.29) is 11.6 Å². The highest BCUT2D eigenvalue weighted by Gasteiger charge is 1.97. The summed E-state index contributed by atoms with van der Waals surface area (Å²) < 4.78 is 17.8. The Bertz CT molecular complexity index is 441. The lowest BCUT2D eigenvalue weighted by Crippen LogP contribution is -2.02. The molecule has 0 amide bonds. The lowest BCUT2D eigenvalue weighted by atomic mass is 10.2. The molecule has 0 aliphatic carbocycles. The Hall–Kier alpha value is -1.92. The summed E-state index contributed by atoms with van der Waals surface area (Å²) in [6.07, 6.45) is 9.06. The maximum Gasteiger partial charge on any atom is 0.158 e. The monoisotopic (exact) mass is 246 g/mol.